The quantitative estimate of drug-likeness (QED) is 0.618. The Hall–Kier alpha value is -1.62. The third kappa shape index (κ3) is 2.42. The van der Waals surface area contributed by atoms with Gasteiger partial charge in [0.1, 0.15) is 13.6 Å². The van der Waals surface area contributed by atoms with E-state index in [-0.39, 0.29) is 11.5 Å². The van der Waals surface area contributed by atoms with E-state index in [0.717, 1.165) is 5.19 Å². The number of benzene rings is 1. The van der Waals surface area contributed by atoms with Gasteiger partial charge in [0.25, 0.3) is 0 Å². The van der Waals surface area contributed by atoms with E-state index in [0.29, 0.717) is 6.61 Å². The number of cyclic esters (lactones) is 1. The van der Waals surface area contributed by atoms with Crippen molar-refractivity contribution in [1.29, 1.82) is 0 Å². The molecule has 0 N–H and O–H groups in total. The normalized spacial score (nSPS) is 22.4. The highest BCUT2D eigenvalue weighted by Crippen LogP contribution is 2.37. The van der Waals surface area contributed by atoms with Crippen LogP contribution in [0.3, 0.4) is 0 Å². The van der Waals surface area contributed by atoms with Gasteiger partial charge in [-0.15, -0.1) is 0 Å². The van der Waals surface area contributed by atoms with Crippen molar-refractivity contribution in [3.8, 4) is 0 Å². The summed E-state index contributed by atoms with van der Waals surface area (Å²) in [6, 6.07) is 9.87. The van der Waals surface area contributed by atoms with Crippen LogP contribution in [0.25, 0.3) is 0 Å². The molecule has 0 aliphatic carbocycles. The summed E-state index contributed by atoms with van der Waals surface area (Å²) in [7, 11) is -2.09. The van der Waals surface area contributed by atoms with Gasteiger partial charge in [-0.25, -0.2) is 4.79 Å². The zero-order valence-corrected chi connectivity index (χ0v) is 12.4. The summed E-state index contributed by atoms with van der Waals surface area (Å²) in [5, 5.41) is 1.14. The molecule has 2 rings (SSSR count). The molecule has 1 fully saturated rings. The lowest BCUT2D eigenvalue weighted by Gasteiger charge is -2.42. The fraction of sp³-hybridized carbons (Fsp3) is 0.429. The van der Waals surface area contributed by atoms with Crippen LogP contribution >= 0.6 is 0 Å². The Morgan fingerprint density at radius 3 is 2.47 bits per heavy atom. The monoisotopic (exact) mass is 278 g/mol. The van der Waals surface area contributed by atoms with Gasteiger partial charge in [0.05, 0.1) is 6.61 Å². The minimum atomic E-state index is -2.09. The van der Waals surface area contributed by atoms with Crippen molar-refractivity contribution in [2.24, 2.45) is 0 Å². The molecule has 5 heteroatoms. The molecule has 0 saturated carbocycles. The Bertz CT molecular complexity index is 483. The van der Waals surface area contributed by atoms with Crippen molar-refractivity contribution < 1.29 is 19.1 Å². The minimum Gasteiger partial charge on any atom is -0.463 e. The van der Waals surface area contributed by atoms with Crippen LogP contribution < -0.4 is 5.19 Å². The number of esters is 2. The average Bonchev–Trinajstić information content (AvgIpc) is 2.36. The Labute approximate surface area is 113 Å². The van der Waals surface area contributed by atoms with Crippen LogP contribution in [0.4, 0.5) is 0 Å². The summed E-state index contributed by atoms with van der Waals surface area (Å²) < 4.78 is 9.96. The van der Waals surface area contributed by atoms with Crippen molar-refractivity contribution in [2.45, 2.75) is 31.7 Å². The van der Waals surface area contributed by atoms with Crippen LogP contribution in [0.1, 0.15) is 6.92 Å². The number of carbonyl (C=O) groups is 2. The molecule has 0 radical (unpaired) electrons. The molecule has 1 aliphatic rings. The molecule has 0 bridgehead atoms. The molecule has 102 valence electrons. The average molecular weight is 278 g/mol. The number of hydrogen-bond acceptors (Lipinski definition) is 4. The van der Waals surface area contributed by atoms with E-state index >= 15 is 0 Å². The van der Waals surface area contributed by atoms with E-state index < -0.39 is 20.1 Å². The van der Waals surface area contributed by atoms with Gasteiger partial charge in [0.15, 0.2) is 0 Å². The van der Waals surface area contributed by atoms with E-state index in [9.17, 15) is 9.59 Å². The second-order valence-corrected chi connectivity index (χ2v) is 9.82. The Morgan fingerprint density at radius 1 is 1.32 bits per heavy atom. The van der Waals surface area contributed by atoms with Gasteiger partial charge in [-0.2, -0.15) is 0 Å². The lowest BCUT2D eigenvalue weighted by Crippen LogP contribution is -2.62. The maximum Gasteiger partial charge on any atom is 0.348 e. The second-order valence-electron chi connectivity index (χ2n) is 5.17. The number of rotatable bonds is 4. The van der Waals surface area contributed by atoms with Crippen molar-refractivity contribution in [3.05, 3.63) is 30.3 Å². The van der Waals surface area contributed by atoms with E-state index in [2.05, 4.69) is 13.1 Å². The van der Waals surface area contributed by atoms with Crippen LogP contribution in [0, 0.1) is 0 Å². The highest BCUT2D eigenvalue weighted by atomic mass is 28.3. The first-order valence-corrected chi connectivity index (χ1v) is 9.49. The number of hydrogen-bond donors (Lipinski definition) is 0. The van der Waals surface area contributed by atoms with E-state index in [1.165, 1.54) is 0 Å². The Balaban J connectivity index is 2.24. The highest BCUT2D eigenvalue weighted by molar-refractivity contribution is 6.93. The number of carbonyl (C=O) groups excluding carboxylic acids is 2. The molecule has 0 aromatic heterocycles. The third-order valence-corrected chi connectivity index (χ3v) is 7.53. The molecule has 1 aromatic rings. The zero-order chi connectivity index (χ0) is 14.0. The van der Waals surface area contributed by atoms with Gasteiger partial charge in [-0.1, -0.05) is 48.6 Å². The predicted octanol–water partition coefficient (Wildman–Crippen LogP) is 1.46. The van der Waals surface area contributed by atoms with E-state index in [1.807, 2.05) is 30.3 Å². The third-order valence-electron chi connectivity index (χ3n) is 3.61. The number of ether oxygens (including phenoxy) is 2. The van der Waals surface area contributed by atoms with Crippen LogP contribution in [0.5, 0.6) is 0 Å². The molecule has 4 nitrogen and oxygen atoms in total. The fourth-order valence-corrected chi connectivity index (χ4v) is 5.48. The molecule has 2 atom stereocenters. The second kappa shape index (κ2) is 5.17. The molecule has 1 aromatic carbocycles. The maximum absolute atomic E-state index is 11.8. The van der Waals surface area contributed by atoms with Crippen LogP contribution in [-0.2, 0) is 19.1 Å². The van der Waals surface area contributed by atoms with Crippen molar-refractivity contribution >= 4 is 25.2 Å². The highest BCUT2D eigenvalue weighted by Gasteiger charge is 2.57. The maximum atomic E-state index is 11.8. The SMILES string of the molecule is CCOC(=O)[C@H]1OC(=O)[C@H]1[Si](C)(C)c1ccccc1. The van der Waals surface area contributed by atoms with Crippen LogP contribution in [0.15, 0.2) is 30.3 Å². The van der Waals surface area contributed by atoms with Gasteiger partial charge in [0.2, 0.25) is 6.10 Å². The van der Waals surface area contributed by atoms with Crippen molar-refractivity contribution in [3.63, 3.8) is 0 Å². The molecule has 19 heavy (non-hydrogen) atoms. The van der Waals surface area contributed by atoms with Crippen molar-refractivity contribution in [1.82, 2.24) is 0 Å². The van der Waals surface area contributed by atoms with Gasteiger partial charge < -0.3 is 9.47 Å². The molecule has 0 amide bonds. The van der Waals surface area contributed by atoms with E-state index in [1.54, 1.807) is 6.92 Å². The van der Waals surface area contributed by atoms with Crippen LogP contribution in [-0.4, -0.2) is 32.7 Å². The lowest BCUT2D eigenvalue weighted by molar-refractivity contribution is -0.185. The molecule has 0 spiro atoms. The standard InChI is InChI=1S/C14H18O4Si/c1-4-17-13(15)11-12(14(16)18-11)19(2,3)10-8-6-5-7-9-10/h5-9,11-12H,4H2,1-3H3/t11-,12-/m0/s1. The van der Waals surface area contributed by atoms with E-state index in [4.69, 9.17) is 9.47 Å². The first kappa shape index (κ1) is 13.8. The smallest absolute Gasteiger partial charge is 0.348 e. The first-order chi connectivity index (χ1) is 8.98. The fourth-order valence-electron chi connectivity index (χ4n) is 2.45. The summed E-state index contributed by atoms with van der Waals surface area (Å²) >= 11 is 0. The molecular formula is C14H18O4Si. The molecule has 1 saturated heterocycles. The minimum absolute atomic E-state index is 0.279. The summed E-state index contributed by atoms with van der Waals surface area (Å²) in [6.45, 7) is 6.21. The predicted molar refractivity (Wildman–Crippen MR) is 73.8 cm³/mol. The van der Waals surface area contributed by atoms with Gasteiger partial charge in [-0.05, 0) is 6.92 Å². The lowest BCUT2D eigenvalue weighted by atomic mass is 10.1. The summed E-state index contributed by atoms with van der Waals surface area (Å²) in [5.41, 5.74) is -0.353. The Morgan fingerprint density at radius 2 is 1.95 bits per heavy atom. The summed E-state index contributed by atoms with van der Waals surface area (Å²) in [4.78, 5) is 23.6. The summed E-state index contributed by atoms with van der Waals surface area (Å²) in [6.07, 6.45) is -0.727. The van der Waals surface area contributed by atoms with Gasteiger partial charge in [0, 0.05) is 0 Å². The van der Waals surface area contributed by atoms with Crippen molar-refractivity contribution in [2.75, 3.05) is 6.61 Å². The largest absolute Gasteiger partial charge is 0.463 e. The first-order valence-electron chi connectivity index (χ1n) is 6.41. The van der Waals surface area contributed by atoms with Gasteiger partial charge >= 0.3 is 11.9 Å². The molecule has 0 unspecified atom stereocenters. The summed E-state index contributed by atoms with van der Waals surface area (Å²) in [5.74, 6) is -0.706. The van der Waals surface area contributed by atoms with Gasteiger partial charge in [-0.3, -0.25) is 4.79 Å². The molecule has 1 heterocycles. The molecule has 1 aliphatic heterocycles. The van der Waals surface area contributed by atoms with Crippen LogP contribution in [0.2, 0.25) is 18.6 Å². The topological polar surface area (TPSA) is 52.6 Å². The molecular weight excluding hydrogens is 260 g/mol. The zero-order valence-electron chi connectivity index (χ0n) is 11.4. The Kier molecular flexibility index (Phi) is 3.75.